The summed E-state index contributed by atoms with van der Waals surface area (Å²) in [4.78, 5) is 16.1. The summed E-state index contributed by atoms with van der Waals surface area (Å²) in [5, 5.41) is -1.01. The molecule has 4 rings (SSSR count). The average molecular weight is 439 g/mol. The van der Waals surface area contributed by atoms with Gasteiger partial charge in [-0.25, -0.2) is 16.8 Å². The lowest BCUT2D eigenvalue weighted by Crippen LogP contribution is -2.55. The lowest BCUT2D eigenvalue weighted by atomic mass is 10.2. The molecule has 1 aromatic carbocycles. The highest BCUT2D eigenvalue weighted by Crippen LogP contribution is 2.29. The summed E-state index contributed by atoms with van der Waals surface area (Å²) in [7, 11) is -7.26. The first-order chi connectivity index (χ1) is 13.8. The molecule has 0 saturated carbocycles. The van der Waals surface area contributed by atoms with E-state index in [9.17, 15) is 21.6 Å². The molecule has 0 bridgehead atoms. The molecule has 1 aromatic heterocycles. The Bertz CT molecular complexity index is 1070. The van der Waals surface area contributed by atoms with E-state index in [2.05, 4.69) is 0 Å². The van der Waals surface area contributed by atoms with Crippen molar-refractivity contribution in [2.24, 2.45) is 0 Å². The number of carbonyl (C=O) groups excluding carboxylic acids is 1. The molecule has 1 amide bonds. The molecule has 2 aliphatic rings. The van der Waals surface area contributed by atoms with Crippen LogP contribution in [0.4, 0.5) is 0 Å². The number of nitrogens with zero attached hydrogens (tertiary/aromatic N) is 2. The van der Waals surface area contributed by atoms with Crippen molar-refractivity contribution in [3.05, 3.63) is 54.5 Å². The number of piperazine rings is 1. The van der Waals surface area contributed by atoms with E-state index < -0.39 is 31.0 Å². The second-order valence-electron chi connectivity index (χ2n) is 7.35. The minimum atomic E-state index is -3.79. The number of hydrogen-bond acceptors (Lipinski definition) is 7. The second kappa shape index (κ2) is 7.58. The number of rotatable bonds is 4. The Morgan fingerprint density at radius 2 is 1.66 bits per heavy atom. The van der Waals surface area contributed by atoms with Gasteiger partial charge >= 0.3 is 0 Å². The van der Waals surface area contributed by atoms with E-state index in [1.54, 1.807) is 35.2 Å². The smallest absolute Gasteiger partial charge is 0.289 e. The predicted octanol–water partition coefficient (Wildman–Crippen LogP) is 0.677. The molecule has 0 N–H and O–H groups in total. The van der Waals surface area contributed by atoms with Crippen LogP contribution in [-0.2, 0) is 19.7 Å². The molecule has 0 unspecified atom stereocenters. The minimum Gasteiger partial charge on any atom is -0.459 e. The summed E-state index contributed by atoms with van der Waals surface area (Å²) < 4.78 is 56.1. The number of furan rings is 1. The van der Waals surface area contributed by atoms with Gasteiger partial charge in [-0.3, -0.25) is 9.69 Å². The Morgan fingerprint density at radius 3 is 2.28 bits per heavy atom. The standard InChI is InChI=1S/C19H22N2O6S2/c22-19(17-7-4-12-27-17)21-10-8-20(9-11-21)16-13-28(23,24)14-18(16)29(25,26)15-5-2-1-3-6-15/h1-7,12,16,18H,8-11,13-14H2/t16-,18-/m1/s1. The third kappa shape index (κ3) is 3.96. The SMILES string of the molecule is O=C(c1ccco1)N1CCN([C@@H]2CS(=O)(=O)C[C@H]2S(=O)(=O)c2ccccc2)CC1. The molecular formula is C19H22N2O6S2. The summed E-state index contributed by atoms with van der Waals surface area (Å²) in [5.41, 5.74) is 0. The zero-order valence-corrected chi connectivity index (χ0v) is 17.3. The van der Waals surface area contributed by atoms with E-state index in [4.69, 9.17) is 4.42 Å². The van der Waals surface area contributed by atoms with Gasteiger partial charge in [0.2, 0.25) is 0 Å². The Labute approximate surface area is 169 Å². The first-order valence-corrected chi connectivity index (χ1v) is 12.7. The summed E-state index contributed by atoms with van der Waals surface area (Å²) in [5.74, 6) is -0.524. The molecule has 8 nitrogen and oxygen atoms in total. The number of hydrogen-bond donors (Lipinski definition) is 0. The average Bonchev–Trinajstić information content (AvgIpc) is 3.36. The van der Waals surface area contributed by atoms with E-state index in [1.165, 1.54) is 18.4 Å². The van der Waals surface area contributed by atoms with Crippen molar-refractivity contribution in [3.63, 3.8) is 0 Å². The van der Waals surface area contributed by atoms with Crippen LogP contribution in [0.2, 0.25) is 0 Å². The van der Waals surface area contributed by atoms with Gasteiger partial charge in [0, 0.05) is 32.2 Å². The molecule has 3 heterocycles. The van der Waals surface area contributed by atoms with Gasteiger partial charge in [0.05, 0.1) is 27.9 Å². The Morgan fingerprint density at radius 1 is 0.966 bits per heavy atom. The van der Waals surface area contributed by atoms with Crippen molar-refractivity contribution >= 4 is 25.6 Å². The van der Waals surface area contributed by atoms with Gasteiger partial charge in [-0.15, -0.1) is 0 Å². The van der Waals surface area contributed by atoms with E-state index in [-0.39, 0.29) is 28.1 Å². The Hall–Kier alpha value is -2.17. The maximum absolute atomic E-state index is 13.1. The van der Waals surface area contributed by atoms with Gasteiger partial charge in [-0.05, 0) is 24.3 Å². The van der Waals surface area contributed by atoms with E-state index >= 15 is 0 Å². The van der Waals surface area contributed by atoms with E-state index in [0.29, 0.717) is 26.2 Å². The topological polar surface area (TPSA) is 105 Å². The predicted molar refractivity (Wildman–Crippen MR) is 106 cm³/mol. The molecule has 0 spiro atoms. The molecule has 0 radical (unpaired) electrons. The molecule has 2 aliphatic heterocycles. The molecular weight excluding hydrogens is 416 g/mol. The lowest BCUT2D eigenvalue weighted by molar-refractivity contribution is 0.0560. The van der Waals surface area contributed by atoms with Crippen molar-refractivity contribution in [1.29, 1.82) is 0 Å². The van der Waals surface area contributed by atoms with E-state index in [0.717, 1.165) is 0 Å². The maximum Gasteiger partial charge on any atom is 0.289 e. The molecule has 2 atom stereocenters. The van der Waals surface area contributed by atoms with Crippen LogP contribution in [-0.4, -0.2) is 81.5 Å². The highest BCUT2D eigenvalue weighted by Gasteiger charge is 2.48. The Balaban J connectivity index is 1.52. The van der Waals surface area contributed by atoms with Crippen LogP contribution in [0.5, 0.6) is 0 Å². The van der Waals surface area contributed by atoms with Crippen molar-refractivity contribution in [3.8, 4) is 0 Å². The lowest BCUT2D eigenvalue weighted by Gasteiger charge is -2.39. The molecule has 29 heavy (non-hydrogen) atoms. The number of benzene rings is 1. The fraction of sp³-hybridized carbons (Fsp3) is 0.421. The zero-order valence-electron chi connectivity index (χ0n) is 15.7. The first-order valence-electron chi connectivity index (χ1n) is 9.34. The van der Waals surface area contributed by atoms with Crippen LogP contribution < -0.4 is 0 Å². The van der Waals surface area contributed by atoms with Gasteiger partial charge in [-0.2, -0.15) is 0 Å². The molecule has 0 aliphatic carbocycles. The number of sulfone groups is 2. The number of carbonyl (C=O) groups is 1. The van der Waals surface area contributed by atoms with Crippen LogP contribution >= 0.6 is 0 Å². The number of amides is 1. The molecule has 2 aromatic rings. The fourth-order valence-corrected chi connectivity index (χ4v) is 8.88. The first kappa shape index (κ1) is 20.1. The van der Waals surface area contributed by atoms with Gasteiger partial charge in [0.25, 0.3) is 5.91 Å². The van der Waals surface area contributed by atoms with Gasteiger partial charge in [-0.1, -0.05) is 18.2 Å². The molecule has 10 heteroatoms. The van der Waals surface area contributed by atoms with E-state index in [1.807, 2.05) is 4.90 Å². The van der Waals surface area contributed by atoms with Gasteiger partial charge in [0.15, 0.2) is 25.4 Å². The van der Waals surface area contributed by atoms with Gasteiger partial charge < -0.3 is 9.32 Å². The second-order valence-corrected chi connectivity index (χ2v) is 11.7. The third-order valence-electron chi connectivity index (χ3n) is 5.54. The quantitative estimate of drug-likeness (QED) is 0.691. The maximum atomic E-state index is 13.1. The molecule has 156 valence electrons. The molecule has 2 fully saturated rings. The highest BCUT2D eigenvalue weighted by atomic mass is 32.2. The largest absolute Gasteiger partial charge is 0.459 e. The van der Waals surface area contributed by atoms with Crippen LogP contribution in [0.1, 0.15) is 10.6 Å². The van der Waals surface area contributed by atoms with Crippen LogP contribution in [0, 0.1) is 0 Å². The van der Waals surface area contributed by atoms with Crippen molar-refractivity contribution in [2.75, 3.05) is 37.7 Å². The van der Waals surface area contributed by atoms with Crippen LogP contribution in [0.15, 0.2) is 58.0 Å². The summed E-state index contributed by atoms with van der Waals surface area (Å²) in [6.07, 6.45) is 1.44. The van der Waals surface area contributed by atoms with Crippen LogP contribution in [0.25, 0.3) is 0 Å². The van der Waals surface area contributed by atoms with Crippen LogP contribution in [0.3, 0.4) is 0 Å². The molecule has 2 saturated heterocycles. The third-order valence-corrected chi connectivity index (χ3v) is 9.68. The monoisotopic (exact) mass is 438 g/mol. The summed E-state index contributed by atoms with van der Waals surface area (Å²) in [6, 6.07) is 10.6. The Kier molecular flexibility index (Phi) is 5.26. The van der Waals surface area contributed by atoms with Crippen molar-refractivity contribution in [2.45, 2.75) is 16.2 Å². The highest BCUT2D eigenvalue weighted by molar-refractivity contribution is 7.96. The van der Waals surface area contributed by atoms with Gasteiger partial charge in [0.1, 0.15) is 0 Å². The minimum absolute atomic E-state index is 0.138. The summed E-state index contributed by atoms with van der Waals surface area (Å²) in [6.45, 7) is 1.59. The zero-order chi connectivity index (χ0) is 20.6. The fourth-order valence-electron chi connectivity index (χ4n) is 4.03. The summed E-state index contributed by atoms with van der Waals surface area (Å²) >= 11 is 0. The normalized spacial score (nSPS) is 25.2. The van der Waals surface area contributed by atoms with Crippen molar-refractivity contribution in [1.82, 2.24) is 9.80 Å². The van der Waals surface area contributed by atoms with Crippen molar-refractivity contribution < 1.29 is 26.0 Å².